The Hall–Kier alpha value is -3.10. The van der Waals surface area contributed by atoms with Crippen molar-refractivity contribution in [2.45, 2.75) is 11.4 Å². The number of para-hydroxylation sites is 2. The summed E-state index contributed by atoms with van der Waals surface area (Å²) < 4.78 is 37.7. The molecule has 1 heterocycles. The number of carbonyl (C=O) groups is 1. The first kappa shape index (κ1) is 19.7. The van der Waals surface area contributed by atoms with Crippen LogP contribution in [0.15, 0.2) is 82.3 Å². The number of carbonyl (C=O) groups excluding carboxylic acids is 1. The van der Waals surface area contributed by atoms with Gasteiger partial charge in [-0.25, -0.2) is 8.42 Å². The molecular formula is C20H20N2O5S. The minimum Gasteiger partial charge on any atom is -0.495 e. The maximum Gasteiger partial charge on any atom is 0.243 e. The lowest BCUT2D eigenvalue weighted by Gasteiger charge is -2.21. The minimum absolute atomic E-state index is 0.0659. The average Bonchev–Trinajstić information content (AvgIpc) is 3.22. The van der Waals surface area contributed by atoms with E-state index >= 15 is 0 Å². The van der Waals surface area contributed by atoms with E-state index in [1.54, 1.807) is 54.6 Å². The Bertz CT molecular complexity index is 1020. The summed E-state index contributed by atoms with van der Waals surface area (Å²) >= 11 is 0. The molecule has 1 amide bonds. The van der Waals surface area contributed by atoms with E-state index < -0.39 is 15.9 Å². The first-order valence-corrected chi connectivity index (χ1v) is 9.95. The fraction of sp³-hybridized carbons (Fsp3) is 0.150. The number of amides is 1. The molecule has 1 aromatic heterocycles. The molecule has 3 aromatic rings. The first-order chi connectivity index (χ1) is 13.5. The van der Waals surface area contributed by atoms with E-state index in [2.05, 4.69) is 5.32 Å². The Labute approximate surface area is 163 Å². The van der Waals surface area contributed by atoms with Crippen LogP contribution in [0.25, 0.3) is 0 Å². The van der Waals surface area contributed by atoms with Crippen LogP contribution in [0.4, 0.5) is 5.69 Å². The molecule has 0 unspecified atom stereocenters. The van der Waals surface area contributed by atoms with Crippen LogP contribution in [0.1, 0.15) is 5.76 Å². The van der Waals surface area contributed by atoms with Crippen molar-refractivity contribution in [3.05, 3.63) is 78.8 Å². The van der Waals surface area contributed by atoms with Gasteiger partial charge >= 0.3 is 0 Å². The van der Waals surface area contributed by atoms with Gasteiger partial charge in [0.2, 0.25) is 15.9 Å². The highest BCUT2D eigenvalue weighted by atomic mass is 32.2. The number of nitrogens with one attached hydrogen (secondary N) is 1. The van der Waals surface area contributed by atoms with E-state index in [0.29, 0.717) is 17.2 Å². The van der Waals surface area contributed by atoms with Crippen molar-refractivity contribution >= 4 is 21.6 Å². The summed E-state index contributed by atoms with van der Waals surface area (Å²) in [6, 6.07) is 18.2. The van der Waals surface area contributed by atoms with Crippen LogP contribution in [0.5, 0.6) is 5.75 Å². The van der Waals surface area contributed by atoms with Crippen molar-refractivity contribution < 1.29 is 22.4 Å². The molecule has 0 bridgehead atoms. The van der Waals surface area contributed by atoms with E-state index in [-0.39, 0.29) is 18.0 Å². The summed E-state index contributed by atoms with van der Waals surface area (Å²) in [5.74, 6) is 0.430. The van der Waals surface area contributed by atoms with Crippen LogP contribution in [0, 0.1) is 0 Å². The van der Waals surface area contributed by atoms with Crippen molar-refractivity contribution in [3.63, 3.8) is 0 Å². The second-order valence-electron chi connectivity index (χ2n) is 5.91. The molecule has 0 radical (unpaired) electrons. The van der Waals surface area contributed by atoms with E-state index in [1.165, 1.54) is 25.5 Å². The number of furan rings is 1. The highest BCUT2D eigenvalue weighted by Gasteiger charge is 2.27. The van der Waals surface area contributed by atoms with Crippen LogP contribution in [0.2, 0.25) is 0 Å². The van der Waals surface area contributed by atoms with Gasteiger partial charge < -0.3 is 14.5 Å². The van der Waals surface area contributed by atoms with Gasteiger partial charge in [-0.2, -0.15) is 4.31 Å². The van der Waals surface area contributed by atoms with Crippen molar-refractivity contribution in [1.82, 2.24) is 4.31 Å². The molecule has 1 N–H and O–H groups in total. The fourth-order valence-electron chi connectivity index (χ4n) is 2.64. The lowest BCUT2D eigenvalue weighted by atomic mass is 10.3. The van der Waals surface area contributed by atoms with E-state index in [0.717, 1.165) is 4.31 Å². The highest BCUT2D eigenvalue weighted by molar-refractivity contribution is 7.89. The quantitative estimate of drug-likeness (QED) is 0.628. The van der Waals surface area contributed by atoms with Crippen molar-refractivity contribution in [2.75, 3.05) is 19.0 Å². The largest absolute Gasteiger partial charge is 0.495 e. The predicted molar refractivity (Wildman–Crippen MR) is 104 cm³/mol. The smallest absolute Gasteiger partial charge is 0.243 e. The first-order valence-electron chi connectivity index (χ1n) is 8.51. The topological polar surface area (TPSA) is 88.8 Å². The summed E-state index contributed by atoms with van der Waals surface area (Å²) in [5.41, 5.74) is 0.463. The summed E-state index contributed by atoms with van der Waals surface area (Å²) in [4.78, 5) is 12.7. The third-order valence-corrected chi connectivity index (χ3v) is 5.80. The normalized spacial score (nSPS) is 11.4. The Kier molecular flexibility index (Phi) is 6.13. The van der Waals surface area contributed by atoms with Crippen molar-refractivity contribution in [3.8, 4) is 5.75 Å². The Morgan fingerprint density at radius 1 is 1.04 bits per heavy atom. The summed E-state index contributed by atoms with van der Waals surface area (Å²) in [6.07, 6.45) is 1.46. The molecule has 28 heavy (non-hydrogen) atoms. The number of sulfonamides is 1. The third kappa shape index (κ3) is 4.59. The number of hydrogen-bond donors (Lipinski definition) is 1. The molecule has 0 aliphatic carbocycles. The molecule has 0 spiro atoms. The summed E-state index contributed by atoms with van der Waals surface area (Å²) in [7, 11) is -2.40. The molecular weight excluding hydrogens is 380 g/mol. The number of hydrogen-bond acceptors (Lipinski definition) is 5. The van der Waals surface area contributed by atoms with Gasteiger partial charge in [0, 0.05) is 0 Å². The molecule has 146 valence electrons. The van der Waals surface area contributed by atoms with Gasteiger partial charge in [0.15, 0.2) is 0 Å². The molecule has 3 rings (SSSR count). The summed E-state index contributed by atoms with van der Waals surface area (Å²) in [6.45, 7) is -0.445. The Balaban J connectivity index is 1.84. The lowest BCUT2D eigenvalue weighted by Crippen LogP contribution is -2.37. The second-order valence-corrected chi connectivity index (χ2v) is 7.85. The van der Waals surface area contributed by atoms with Gasteiger partial charge in [0.05, 0.1) is 37.0 Å². The number of ether oxygens (including phenoxy) is 1. The van der Waals surface area contributed by atoms with Crippen LogP contribution >= 0.6 is 0 Å². The van der Waals surface area contributed by atoms with E-state index in [9.17, 15) is 13.2 Å². The highest BCUT2D eigenvalue weighted by Crippen LogP contribution is 2.24. The lowest BCUT2D eigenvalue weighted by molar-refractivity contribution is -0.116. The van der Waals surface area contributed by atoms with Crippen LogP contribution < -0.4 is 10.1 Å². The number of benzene rings is 2. The zero-order valence-electron chi connectivity index (χ0n) is 15.2. The average molecular weight is 400 g/mol. The molecule has 8 heteroatoms. The van der Waals surface area contributed by atoms with Crippen LogP contribution in [-0.2, 0) is 21.4 Å². The van der Waals surface area contributed by atoms with Crippen LogP contribution in [0.3, 0.4) is 0 Å². The number of methoxy groups -OCH3 is 1. The standard InChI is InChI=1S/C20H20N2O5S/c1-26-19-12-6-5-11-18(19)21-20(23)15-22(14-16-8-7-13-27-16)28(24,25)17-9-3-2-4-10-17/h2-13H,14-15H2,1H3,(H,21,23). The van der Waals surface area contributed by atoms with E-state index in [1.807, 2.05) is 0 Å². The second kappa shape index (κ2) is 8.73. The molecule has 2 aromatic carbocycles. The molecule has 0 saturated heterocycles. The Morgan fingerprint density at radius 3 is 2.43 bits per heavy atom. The van der Waals surface area contributed by atoms with Crippen LogP contribution in [-0.4, -0.2) is 32.3 Å². The summed E-state index contributed by atoms with van der Waals surface area (Å²) in [5, 5.41) is 2.69. The maximum atomic E-state index is 13.0. The van der Waals surface area contributed by atoms with E-state index in [4.69, 9.17) is 9.15 Å². The number of anilines is 1. The van der Waals surface area contributed by atoms with Gasteiger partial charge in [-0.3, -0.25) is 4.79 Å². The van der Waals surface area contributed by atoms with Gasteiger partial charge in [-0.05, 0) is 36.4 Å². The minimum atomic E-state index is -3.90. The molecule has 0 fully saturated rings. The fourth-order valence-corrected chi connectivity index (χ4v) is 4.03. The van der Waals surface area contributed by atoms with Gasteiger partial charge in [0.25, 0.3) is 0 Å². The van der Waals surface area contributed by atoms with Crippen molar-refractivity contribution in [2.24, 2.45) is 0 Å². The monoisotopic (exact) mass is 400 g/mol. The zero-order chi connectivity index (χ0) is 20.0. The molecule has 0 aliphatic rings. The third-order valence-electron chi connectivity index (χ3n) is 3.99. The number of rotatable bonds is 8. The predicted octanol–water partition coefficient (Wildman–Crippen LogP) is 3.12. The Morgan fingerprint density at radius 2 is 1.75 bits per heavy atom. The maximum absolute atomic E-state index is 13.0. The molecule has 0 atom stereocenters. The van der Waals surface area contributed by atoms with Gasteiger partial charge in [-0.1, -0.05) is 30.3 Å². The van der Waals surface area contributed by atoms with Crippen molar-refractivity contribution in [1.29, 1.82) is 0 Å². The zero-order valence-corrected chi connectivity index (χ0v) is 16.1. The number of nitrogens with zero attached hydrogens (tertiary/aromatic N) is 1. The van der Waals surface area contributed by atoms with Gasteiger partial charge in [-0.15, -0.1) is 0 Å². The molecule has 0 aliphatic heterocycles. The van der Waals surface area contributed by atoms with Gasteiger partial charge in [0.1, 0.15) is 11.5 Å². The SMILES string of the molecule is COc1ccccc1NC(=O)CN(Cc1ccco1)S(=O)(=O)c1ccccc1. The molecule has 0 saturated carbocycles. The molecule has 7 nitrogen and oxygen atoms in total.